The summed E-state index contributed by atoms with van der Waals surface area (Å²) >= 11 is 12.8. The normalized spacial score (nSPS) is 17.2. The van der Waals surface area contributed by atoms with E-state index in [-0.39, 0.29) is 18.3 Å². The fourth-order valence-corrected chi connectivity index (χ4v) is 4.21. The molecule has 0 N–H and O–H groups in total. The second kappa shape index (κ2) is 9.36. The van der Waals surface area contributed by atoms with E-state index in [1.807, 2.05) is 18.2 Å². The highest BCUT2D eigenvalue weighted by molar-refractivity contribution is 6.30. The molecule has 8 nitrogen and oxygen atoms in total. The largest absolute Gasteiger partial charge is 0.493 e. The maximum atomic E-state index is 12.4. The molecule has 1 aromatic heterocycles. The number of para-hydroxylation sites is 1. The predicted octanol–water partition coefficient (Wildman–Crippen LogP) is 4.71. The third kappa shape index (κ3) is 4.01. The highest BCUT2D eigenvalue weighted by Crippen LogP contribution is 2.46. The highest BCUT2D eigenvalue weighted by Gasteiger charge is 2.36. The van der Waals surface area contributed by atoms with Gasteiger partial charge < -0.3 is 18.9 Å². The molecule has 10 heteroatoms. The van der Waals surface area contributed by atoms with Crippen LogP contribution < -0.4 is 9.47 Å². The number of halogens is 2. The monoisotopic (exact) mass is 477 g/mol. The van der Waals surface area contributed by atoms with Crippen LogP contribution in [0.1, 0.15) is 42.5 Å². The van der Waals surface area contributed by atoms with Crippen molar-refractivity contribution in [2.45, 2.75) is 25.6 Å². The number of benzene rings is 2. The lowest BCUT2D eigenvalue weighted by atomic mass is 9.98. The Morgan fingerprint density at radius 2 is 1.94 bits per heavy atom. The smallest absolute Gasteiger partial charge is 0.308 e. The van der Waals surface area contributed by atoms with E-state index in [9.17, 15) is 4.79 Å². The number of fused-ring (bicyclic) bond motifs is 3. The van der Waals surface area contributed by atoms with Crippen molar-refractivity contribution >= 4 is 29.2 Å². The molecule has 168 valence electrons. The molecule has 0 saturated heterocycles. The quantitative estimate of drug-likeness (QED) is 0.475. The average molecular weight is 478 g/mol. The number of carbonyl (C=O) groups is 1. The van der Waals surface area contributed by atoms with Crippen LogP contribution in [0.3, 0.4) is 0 Å². The average Bonchev–Trinajstić information content (AvgIpc) is 3.11. The van der Waals surface area contributed by atoms with Gasteiger partial charge >= 0.3 is 5.97 Å². The van der Waals surface area contributed by atoms with Gasteiger partial charge in [-0.15, -0.1) is 10.2 Å². The van der Waals surface area contributed by atoms with Crippen LogP contribution in [0, 0.1) is 0 Å². The van der Waals surface area contributed by atoms with Crippen molar-refractivity contribution in [3.05, 3.63) is 63.7 Å². The van der Waals surface area contributed by atoms with Crippen molar-refractivity contribution in [1.82, 2.24) is 14.8 Å². The van der Waals surface area contributed by atoms with Crippen LogP contribution in [0.5, 0.6) is 11.5 Å². The van der Waals surface area contributed by atoms with Crippen molar-refractivity contribution in [2.75, 3.05) is 20.8 Å². The van der Waals surface area contributed by atoms with Crippen LogP contribution in [-0.4, -0.2) is 41.6 Å². The first-order valence-corrected chi connectivity index (χ1v) is 10.7. The van der Waals surface area contributed by atoms with Crippen molar-refractivity contribution < 1.29 is 23.7 Å². The maximum absolute atomic E-state index is 12.4. The summed E-state index contributed by atoms with van der Waals surface area (Å²) in [5.74, 6) is 1.00. The Morgan fingerprint density at radius 3 is 2.66 bits per heavy atom. The van der Waals surface area contributed by atoms with Crippen LogP contribution in [-0.2, 0) is 14.3 Å². The van der Waals surface area contributed by atoms with Gasteiger partial charge in [-0.05, 0) is 42.8 Å². The van der Waals surface area contributed by atoms with E-state index < -0.39 is 18.2 Å². The lowest BCUT2D eigenvalue weighted by Crippen LogP contribution is -2.17. The van der Waals surface area contributed by atoms with Crippen LogP contribution in [0.15, 0.2) is 36.4 Å². The van der Waals surface area contributed by atoms with Gasteiger partial charge in [-0.3, -0.25) is 9.36 Å². The maximum Gasteiger partial charge on any atom is 0.308 e. The van der Waals surface area contributed by atoms with E-state index in [1.54, 1.807) is 43.9 Å². The van der Waals surface area contributed by atoms with Crippen LogP contribution in [0.2, 0.25) is 10.3 Å². The Balaban J connectivity index is 1.94. The second-order valence-electron chi connectivity index (χ2n) is 6.96. The number of rotatable bonds is 6. The molecule has 3 aromatic rings. The lowest BCUT2D eigenvalue weighted by molar-refractivity contribution is -0.147. The molecule has 0 fully saturated rings. The molecule has 2 atom stereocenters. The van der Waals surface area contributed by atoms with E-state index in [2.05, 4.69) is 10.2 Å². The molecular formula is C22H21Cl2N3O5. The molecule has 0 unspecified atom stereocenters. The van der Waals surface area contributed by atoms with Crippen molar-refractivity contribution in [1.29, 1.82) is 0 Å². The zero-order valence-corrected chi connectivity index (χ0v) is 19.2. The molecule has 0 spiro atoms. The third-order valence-electron chi connectivity index (χ3n) is 5.12. The summed E-state index contributed by atoms with van der Waals surface area (Å²) in [6.45, 7) is 1.99. The van der Waals surface area contributed by atoms with Gasteiger partial charge in [0.15, 0.2) is 17.3 Å². The van der Waals surface area contributed by atoms with Gasteiger partial charge in [0.2, 0.25) is 5.28 Å². The number of aromatic nitrogens is 3. The second-order valence-corrected chi connectivity index (χ2v) is 7.74. The van der Waals surface area contributed by atoms with Gasteiger partial charge in [0, 0.05) is 16.1 Å². The zero-order valence-electron chi connectivity index (χ0n) is 17.7. The summed E-state index contributed by atoms with van der Waals surface area (Å²) in [6, 6.07) is 10.8. The Morgan fingerprint density at radius 1 is 1.12 bits per heavy atom. The fraction of sp³-hybridized carbons (Fsp3) is 0.318. The first kappa shape index (κ1) is 22.4. The number of ether oxygens (including phenoxy) is 4. The van der Waals surface area contributed by atoms with Gasteiger partial charge in [-0.2, -0.15) is 0 Å². The molecule has 1 aliphatic heterocycles. The van der Waals surface area contributed by atoms with E-state index in [4.69, 9.17) is 42.1 Å². The first-order valence-electron chi connectivity index (χ1n) is 9.91. The summed E-state index contributed by atoms with van der Waals surface area (Å²) in [5, 5.41) is 8.83. The molecular weight excluding hydrogens is 457 g/mol. The Labute approximate surface area is 195 Å². The SMILES string of the molecule is CCOC(=O)C[C@H]1O[C@H](c2cccc(OC)c2OC)c2cc(Cl)ccc2-n2c(Cl)nnc21. The zero-order chi connectivity index (χ0) is 22.8. The molecule has 4 rings (SSSR count). The summed E-state index contributed by atoms with van der Waals surface area (Å²) in [5.41, 5.74) is 2.08. The molecule has 0 aliphatic carbocycles. The van der Waals surface area contributed by atoms with E-state index in [0.717, 1.165) is 0 Å². The molecule has 2 heterocycles. The van der Waals surface area contributed by atoms with Crippen LogP contribution in [0.25, 0.3) is 5.69 Å². The van der Waals surface area contributed by atoms with Gasteiger partial charge in [-0.1, -0.05) is 23.7 Å². The van der Waals surface area contributed by atoms with Gasteiger partial charge in [0.1, 0.15) is 12.2 Å². The van der Waals surface area contributed by atoms with Gasteiger partial charge in [-0.25, -0.2) is 0 Å². The third-order valence-corrected chi connectivity index (χ3v) is 5.60. The number of esters is 1. The first-order chi connectivity index (χ1) is 15.5. The Hall–Kier alpha value is -2.81. The Kier molecular flexibility index (Phi) is 6.55. The van der Waals surface area contributed by atoms with E-state index in [1.165, 1.54) is 0 Å². The van der Waals surface area contributed by atoms with Crippen LogP contribution in [0.4, 0.5) is 0 Å². The molecule has 32 heavy (non-hydrogen) atoms. The van der Waals surface area contributed by atoms with Crippen LogP contribution >= 0.6 is 23.2 Å². The van der Waals surface area contributed by atoms with Gasteiger partial charge in [0.25, 0.3) is 0 Å². The number of hydrogen-bond donors (Lipinski definition) is 0. The summed E-state index contributed by atoms with van der Waals surface area (Å²) < 4.78 is 24.4. The van der Waals surface area contributed by atoms with E-state index >= 15 is 0 Å². The fourth-order valence-electron chi connectivity index (χ4n) is 3.82. The van der Waals surface area contributed by atoms with Crippen molar-refractivity contribution in [2.24, 2.45) is 0 Å². The Bertz CT molecular complexity index is 1150. The number of carbonyl (C=O) groups excluding carboxylic acids is 1. The standard InChI is InChI=1S/C22H21Cl2N3O5/c1-4-31-18(28)11-17-21-25-26-22(24)27(21)15-9-8-12(23)10-14(15)19(32-17)13-6-5-7-16(29-2)20(13)30-3/h5-10,17,19H,4,11H2,1-3H3/t17-,19-/m1/s1. The minimum absolute atomic E-state index is 0.0760. The minimum Gasteiger partial charge on any atom is -0.493 e. The molecule has 0 saturated carbocycles. The summed E-state index contributed by atoms with van der Waals surface area (Å²) in [7, 11) is 3.11. The summed E-state index contributed by atoms with van der Waals surface area (Å²) in [4.78, 5) is 12.4. The lowest BCUT2D eigenvalue weighted by Gasteiger charge is -2.24. The van der Waals surface area contributed by atoms with Crippen molar-refractivity contribution in [3.63, 3.8) is 0 Å². The number of nitrogens with zero attached hydrogens (tertiary/aromatic N) is 3. The summed E-state index contributed by atoms with van der Waals surface area (Å²) in [6.07, 6.45) is -1.54. The molecule has 0 amide bonds. The topological polar surface area (TPSA) is 84.7 Å². The van der Waals surface area contributed by atoms with Gasteiger partial charge in [0.05, 0.1) is 32.9 Å². The highest BCUT2D eigenvalue weighted by atomic mass is 35.5. The number of methoxy groups -OCH3 is 2. The molecule has 1 aliphatic rings. The van der Waals surface area contributed by atoms with E-state index in [0.29, 0.717) is 39.2 Å². The van der Waals surface area contributed by atoms with Crippen molar-refractivity contribution in [3.8, 4) is 17.2 Å². The molecule has 0 bridgehead atoms. The number of hydrogen-bond acceptors (Lipinski definition) is 7. The molecule has 0 radical (unpaired) electrons. The molecule has 2 aromatic carbocycles. The predicted molar refractivity (Wildman–Crippen MR) is 118 cm³/mol. The minimum atomic E-state index is -0.791.